The average molecular weight is 600 g/mol. The Bertz CT molecular complexity index is 1710. The number of nitrogens with zero attached hydrogens (tertiary/aromatic N) is 1. The first kappa shape index (κ1) is 29.0. The van der Waals surface area contributed by atoms with E-state index in [4.69, 9.17) is 14.2 Å². The van der Waals surface area contributed by atoms with Gasteiger partial charge in [0.1, 0.15) is 11.0 Å². The molecule has 0 aliphatic carbocycles. The lowest BCUT2D eigenvalue weighted by molar-refractivity contribution is -0.115. The molecule has 0 bridgehead atoms. The maximum absolute atomic E-state index is 13.6. The number of fused-ring (bicyclic) bond motifs is 1. The van der Waals surface area contributed by atoms with E-state index in [1.807, 2.05) is 73.7 Å². The molecule has 1 unspecified atom stereocenters. The molecular weight excluding hydrogens is 571 g/mol. The third-order valence-corrected chi connectivity index (χ3v) is 8.41. The third kappa shape index (κ3) is 6.84. The van der Waals surface area contributed by atoms with Crippen LogP contribution in [0.4, 0.5) is 10.8 Å². The summed E-state index contributed by atoms with van der Waals surface area (Å²) in [5, 5.41) is 5.89. The van der Waals surface area contributed by atoms with Gasteiger partial charge in [0.05, 0.1) is 31.0 Å². The molecule has 5 aromatic rings. The van der Waals surface area contributed by atoms with Crippen molar-refractivity contribution in [2.24, 2.45) is 0 Å². The lowest BCUT2D eigenvalue weighted by Gasteiger charge is -2.17. The van der Waals surface area contributed by atoms with Crippen molar-refractivity contribution >= 4 is 55.9 Å². The van der Waals surface area contributed by atoms with Crippen molar-refractivity contribution in [2.45, 2.75) is 17.1 Å². The Morgan fingerprint density at radius 1 is 0.881 bits per heavy atom. The van der Waals surface area contributed by atoms with Crippen LogP contribution >= 0.6 is 23.1 Å². The molecule has 1 atom stereocenters. The van der Waals surface area contributed by atoms with E-state index in [-0.39, 0.29) is 11.8 Å². The summed E-state index contributed by atoms with van der Waals surface area (Å²) < 4.78 is 17.1. The van der Waals surface area contributed by atoms with Gasteiger partial charge in [0.2, 0.25) is 5.91 Å². The van der Waals surface area contributed by atoms with Crippen molar-refractivity contribution in [1.82, 2.24) is 4.98 Å². The van der Waals surface area contributed by atoms with Crippen LogP contribution in [0.5, 0.6) is 17.2 Å². The Morgan fingerprint density at radius 3 is 2.45 bits per heavy atom. The Labute approximate surface area is 252 Å². The Balaban J connectivity index is 1.34. The Hall–Kier alpha value is -4.54. The highest BCUT2D eigenvalue weighted by Gasteiger charge is 2.24. The van der Waals surface area contributed by atoms with Crippen molar-refractivity contribution in [3.63, 3.8) is 0 Å². The maximum atomic E-state index is 13.6. The number of anilines is 2. The molecule has 0 aliphatic rings. The van der Waals surface area contributed by atoms with Gasteiger partial charge < -0.3 is 24.8 Å². The molecule has 10 heteroatoms. The number of amides is 2. The SMILES string of the molecule is CCOc1ccc2nc(NC(=O)C(Sc3cccc(NC(=O)c4ccc(OC)c(OC)c4)c3)c3ccccc3)sc2c1. The molecule has 2 N–H and O–H groups in total. The van der Waals surface area contributed by atoms with Crippen LogP contribution in [0, 0.1) is 0 Å². The van der Waals surface area contributed by atoms with E-state index in [2.05, 4.69) is 15.6 Å². The summed E-state index contributed by atoms with van der Waals surface area (Å²) in [6, 6.07) is 27.6. The van der Waals surface area contributed by atoms with Gasteiger partial charge in [-0.05, 0) is 67.1 Å². The first-order valence-corrected chi connectivity index (χ1v) is 14.9. The van der Waals surface area contributed by atoms with Gasteiger partial charge in [-0.3, -0.25) is 9.59 Å². The van der Waals surface area contributed by atoms with Crippen LogP contribution in [0.1, 0.15) is 28.1 Å². The van der Waals surface area contributed by atoms with Crippen LogP contribution in [0.2, 0.25) is 0 Å². The van der Waals surface area contributed by atoms with Gasteiger partial charge in [-0.1, -0.05) is 47.7 Å². The smallest absolute Gasteiger partial charge is 0.255 e. The summed E-state index contributed by atoms with van der Waals surface area (Å²) >= 11 is 2.79. The van der Waals surface area contributed by atoms with Crippen molar-refractivity contribution in [3.05, 3.63) is 102 Å². The second-order valence-corrected chi connectivity index (χ2v) is 11.2. The van der Waals surface area contributed by atoms with E-state index < -0.39 is 5.25 Å². The topological polar surface area (TPSA) is 98.8 Å². The number of rotatable bonds is 11. The van der Waals surface area contributed by atoms with Crippen molar-refractivity contribution in [3.8, 4) is 17.2 Å². The number of nitrogens with one attached hydrogen (secondary N) is 2. The van der Waals surface area contributed by atoms with E-state index in [9.17, 15) is 9.59 Å². The molecule has 0 aliphatic heterocycles. The van der Waals surface area contributed by atoms with Crippen molar-refractivity contribution in [1.29, 1.82) is 0 Å². The summed E-state index contributed by atoms with van der Waals surface area (Å²) in [5.74, 6) is 1.28. The Morgan fingerprint density at radius 2 is 1.69 bits per heavy atom. The number of benzene rings is 4. The first-order valence-electron chi connectivity index (χ1n) is 13.2. The fourth-order valence-corrected chi connectivity index (χ4v) is 6.23. The van der Waals surface area contributed by atoms with Crippen LogP contribution < -0.4 is 24.8 Å². The van der Waals surface area contributed by atoms with Crippen LogP contribution in [0.3, 0.4) is 0 Å². The van der Waals surface area contributed by atoms with Gasteiger partial charge in [0.15, 0.2) is 16.6 Å². The number of methoxy groups -OCH3 is 2. The van der Waals surface area contributed by atoms with Gasteiger partial charge >= 0.3 is 0 Å². The van der Waals surface area contributed by atoms with Gasteiger partial charge in [0, 0.05) is 16.1 Å². The van der Waals surface area contributed by atoms with Crippen LogP contribution in [0.25, 0.3) is 10.2 Å². The number of hydrogen-bond acceptors (Lipinski definition) is 8. The maximum Gasteiger partial charge on any atom is 0.255 e. The molecule has 0 radical (unpaired) electrons. The highest BCUT2D eigenvalue weighted by molar-refractivity contribution is 8.00. The van der Waals surface area contributed by atoms with Gasteiger partial charge in [0.25, 0.3) is 5.91 Å². The molecule has 0 saturated heterocycles. The summed E-state index contributed by atoms with van der Waals surface area (Å²) in [7, 11) is 3.07. The molecule has 42 heavy (non-hydrogen) atoms. The minimum absolute atomic E-state index is 0.199. The zero-order valence-electron chi connectivity index (χ0n) is 23.2. The van der Waals surface area contributed by atoms with E-state index in [1.165, 1.54) is 30.2 Å². The van der Waals surface area contributed by atoms with E-state index in [0.29, 0.717) is 34.5 Å². The first-order chi connectivity index (χ1) is 20.5. The van der Waals surface area contributed by atoms with Crippen LogP contribution in [-0.2, 0) is 4.79 Å². The molecule has 8 nitrogen and oxygen atoms in total. The zero-order chi connectivity index (χ0) is 29.5. The van der Waals surface area contributed by atoms with Crippen molar-refractivity contribution < 1.29 is 23.8 Å². The molecule has 2 amide bonds. The largest absolute Gasteiger partial charge is 0.494 e. The molecule has 214 valence electrons. The average Bonchev–Trinajstić information content (AvgIpc) is 3.41. The number of hydrogen-bond donors (Lipinski definition) is 2. The molecular formula is C32H29N3O5S2. The molecule has 1 aromatic heterocycles. The summed E-state index contributed by atoms with van der Waals surface area (Å²) in [4.78, 5) is 32.0. The lowest BCUT2D eigenvalue weighted by Crippen LogP contribution is -2.19. The number of carbonyl (C=O) groups excluding carboxylic acids is 2. The van der Waals surface area contributed by atoms with Gasteiger partial charge in [-0.15, -0.1) is 11.8 Å². The quantitative estimate of drug-likeness (QED) is 0.152. The van der Waals surface area contributed by atoms with Crippen LogP contribution in [0.15, 0.2) is 95.9 Å². The van der Waals surface area contributed by atoms with Crippen molar-refractivity contribution in [2.75, 3.05) is 31.5 Å². The zero-order valence-corrected chi connectivity index (χ0v) is 24.9. The summed E-state index contributed by atoms with van der Waals surface area (Å²) in [6.45, 7) is 2.51. The predicted molar refractivity (Wildman–Crippen MR) is 168 cm³/mol. The number of thioether (sulfide) groups is 1. The standard InChI is InChI=1S/C32H29N3O5S2/c1-4-40-23-14-15-25-28(19-23)42-32(34-25)35-31(37)29(20-9-6-5-7-10-20)41-24-12-8-11-22(18-24)33-30(36)21-13-16-26(38-2)27(17-21)39-3/h5-19,29H,4H2,1-3H3,(H,33,36)(H,34,35,37). The van der Waals surface area contributed by atoms with Crippen LogP contribution in [-0.4, -0.2) is 37.6 Å². The summed E-state index contributed by atoms with van der Waals surface area (Å²) in [6.07, 6.45) is 0. The highest BCUT2D eigenvalue weighted by Crippen LogP contribution is 2.38. The fraction of sp³-hybridized carbons (Fsp3) is 0.156. The molecule has 4 aromatic carbocycles. The Kier molecular flexibility index (Phi) is 9.25. The van der Waals surface area contributed by atoms with Gasteiger partial charge in [-0.25, -0.2) is 4.98 Å². The number of aromatic nitrogens is 1. The minimum Gasteiger partial charge on any atom is -0.494 e. The number of ether oxygens (including phenoxy) is 3. The molecule has 5 rings (SSSR count). The molecule has 0 fully saturated rings. The van der Waals surface area contributed by atoms with E-state index >= 15 is 0 Å². The third-order valence-electron chi connectivity index (χ3n) is 6.23. The number of thiazole rings is 1. The van der Waals surface area contributed by atoms with Gasteiger partial charge in [-0.2, -0.15) is 0 Å². The lowest BCUT2D eigenvalue weighted by atomic mass is 10.1. The fourth-order valence-electron chi connectivity index (χ4n) is 4.25. The molecule has 0 saturated carbocycles. The highest BCUT2D eigenvalue weighted by atomic mass is 32.2. The second-order valence-electron chi connectivity index (χ2n) is 9.03. The number of carbonyl (C=O) groups is 2. The molecule has 1 heterocycles. The monoisotopic (exact) mass is 599 g/mol. The summed E-state index contributed by atoms with van der Waals surface area (Å²) in [5.41, 5.74) is 2.67. The second kappa shape index (κ2) is 13.4. The normalized spacial score (nSPS) is 11.5. The molecule has 0 spiro atoms. The minimum atomic E-state index is -0.561. The predicted octanol–water partition coefficient (Wildman–Crippen LogP) is 7.44. The van der Waals surface area contributed by atoms with E-state index in [0.717, 1.165) is 26.4 Å². The van der Waals surface area contributed by atoms with E-state index in [1.54, 1.807) is 31.4 Å².